The summed E-state index contributed by atoms with van der Waals surface area (Å²) in [5, 5.41) is 2.42. The van der Waals surface area contributed by atoms with E-state index in [9.17, 15) is 9.59 Å². The molecule has 0 aliphatic carbocycles. The predicted molar refractivity (Wildman–Crippen MR) is 60.8 cm³/mol. The number of ether oxygens (including phenoxy) is 1. The largest absolute Gasteiger partial charge is 0.377 e. The van der Waals surface area contributed by atoms with E-state index in [1.54, 1.807) is 7.05 Å². The molecule has 0 bridgehead atoms. The molecular weight excluding hydrogens is 210 g/mol. The molecule has 3 N–H and O–H groups in total. The van der Waals surface area contributed by atoms with Gasteiger partial charge in [0.25, 0.3) is 0 Å². The van der Waals surface area contributed by atoms with Crippen LogP contribution >= 0.6 is 0 Å². The number of carbonyl (C=O) groups excluding carboxylic acids is 2. The number of nitrogens with one attached hydrogen (secondary N) is 1. The molecule has 94 valence electrons. The molecule has 0 rings (SSSR count). The average molecular weight is 231 g/mol. The molecule has 16 heavy (non-hydrogen) atoms. The minimum Gasteiger partial charge on any atom is -0.377 e. The number of hydrogen-bond donors (Lipinski definition) is 2. The normalized spacial score (nSPS) is 10.3. The van der Waals surface area contributed by atoms with E-state index in [2.05, 4.69) is 5.32 Å². The van der Waals surface area contributed by atoms with Gasteiger partial charge < -0.3 is 20.7 Å². The van der Waals surface area contributed by atoms with E-state index in [1.807, 2.05) is 13.8 Å². The highest BCUT2D eigenvalue weighted by Gasteiger charge is 2.17. The first-order valence-corrected chi connectivity index (χ1v) is 5.34. The van der Waals surface area contributed by atoms with Crippen molar-refractivity contribution in [3.63, 3.8) is 0 Å². The number of hydrogen-bond acceptors (Lipinski definition) is 4. The standard InChI is InChI=1S/C10H21N3O3/c1-8(2)16-7-6-13(3)10(15)9(14)12-5-4-11/h8H,4-7,11H2,1-3H3,(H,12,14). The summed E-state index contributed by atoms with van der Waals surface area (Å²) in [4.78, 5) is 24.0. The second-order valence-electron chi connectivity index (χ2n) is 3.69. The molecular formula is C10H21N3O3. The summed E-state index contributed by atoms with van der Waals surface area (Å²) in [7, 11) is 1.56. The Kier molecular flexibility index (Phi) is 7.49. The molecule has 0 aromatic carbocycles. The maximum absolute atomic E-state index is 11.4. The van der Waals surface area contributed by atoms with Crippen LogP contribution in [0.2, 0.25) is 0 Å². The van der Waals surface area contributed by atoms with Gasteiger partial charge in [0.05, 0.1) is 12.7 Å². The van der Waals surface area contributed by atoms with Gasteiger partial charge in [-0.2, -0.15) is 0 Å². The van der Waals surface area contributed by atoms with Crippen LogP contribution in [0.5, 0.6) is 0 Å². The Hall–Kier alpha value is -1.14. The second kappa shape index (κ2) is 8.06. The highest BCUT2D eigenvalue weighted by molar-refractivity contribution is 6.34. The van der Waals surface area contributed by atoms with Gasteiger partial charge in [-0.25, -0.2) is 0 Å². The second-order valence-corrected chi connectivity index (χ2v) is 3.69. The Morgan fingerprint density at radius 1 is 1.44 bits per heavy atom. The number of likely N-dealkylation sites (N-methyl/N-ethyl adjacent to an activating group) is 1. The molecule has 6 heteroatoms. The third kappa shape index (κ3) is 6.36. The number of carbonyl (C=O) groups is 2. The number of amides is 2. The first-order chi connectivity index (χ1) is 7.49. The minimum absolute atomic E-state index is 0.120. The zero-order chi connectivity index (χ0) is 12.6. The molecule has 0 aromatic heterocycles. The van der Waals surface area contributed by atoms with Crippen molar-refractivity contribution >= 4 is 11.8 Å². The van der Waals surface area contributed by atoms with Gasteiger partial charge in [0.1, 0.15) is 0 Å². The van der Waals surface area contributed by atoms with Crippen molar-refractivity contribution in [2.75, 3.05) is 33.3 Å². The van der Waals surface area contributed by atoms with E-state index in [4.69, 9.17) is 10.5 Å². The van der Waals surface area contributed by atoms with E-state index in [1.165, 1.54) is 4.90 Å². The molecule has 0 aromatic rings. The van der Waals surface area contributed by atoms with Crippen LogP contribution in [-0.4, -0.2) is 56.1 Å². The molecule has 0 heterocycles. The topological polar surface area (TPSA) is 84.7 Å². The first kappa shape index (κ1) is 14.9. The van der Waals surface area contributed by atoms with E-state index in [0.717, 1.165) is 0 Å². The van der Waals surface area contributed by atoms with Gasteiger partial charge >= 0.3 is 11.8 Å². The zero-order valence-electron chi connectivity index (χ0n) is 10.2. The van der Waals surface area contributed by atoms with Crippen LogP contribution in [0.15, 0.2) is 0 Å². The molecule has 0 radical (unpaired) electrons. The van der Waals surface area contributed by atoms with Crippen molar-refractivity contribution in [3.05, 3.63) is 0 Å². The average Bonchev–Trinajstić information content (AvgIpc) is 2.24. The lowest BCUT2D eigenvalue weighted by atomic mass is 10.4. The van der Waals surface area contributed by atoms with Gasteiger partial charge in [-0.3, -0.25) is 9.59 Å². The summed E-state index contributed by atoms with van der Waals surface area (Å²) < 4.78 is 5.28. The molecule has 2 amide bonds. The number of nitrogens with two attached hydrogens (primary N) is 1. The maximum atomic E-state index is 11.4. The third-order valence-corrected chi connectivity index (χ3v) is 1.85. The molecule has 0 fully saturated rings. The van der Waals surface area contributed by atoms with E-state index in [0.29, 0.717) is 26.2 Å². The minimum atomic E-state index is -0.627. The van der Waals surface area contributed by atoms with Crippen molar-refractivity contribution in [3.8, 4) is 0 Å². The highest BCUT2D eigenvalue weighted by atomic mass is 16.5. The molecule has 0 unspecified atom stereocenters. The smallest absolute Gasteiger partial charge is 0.311 e. The van der Waals surface area contributed by atoms with Crippen LogP contribution in [0, 0.1) is 0 Å². The zero-order valence-corrected chi connectivity index (χ0v) is 10.2. The first-order valence-electron chi connectivity index (χ1n) is 5.34. The monoisotopic (exact) mass is 231 g/mol. The summed E-state index contributed by atoms with van der Waals surface area (Å²) in [5.74, 6) is -1.20. The van der Waals surface area contributed by atoms with Crippen LogP contribution < -0.4 is 11.1 Å². The van der Waals surface area contributed by atoms with Crippen LogP contribution in [0.3, 0.4) is 0 Å². The maximum Gasteiger partial charge on any atom is 0.311 e. The highest BCUT2D eigenvalue weighted by Crippen LogP contribution is 1.90. The molecule has 0 spiro atoms. The molecule has 0 atom stereocenters. The lowest BCUT2D eigenvalue weighted by Crippen LogP contribution is -2.43. The molecule has 6 nitrogen and oxygen atoms in total. The van der Waals surface area contributed by atoms with Gasteiger partial charge in [0.15, 0.2) is 0 Å². The SMILES string of the molecule is CC(C)OCCN(C)C(=O)C(=O)NCCN. The summed E-state index contributed by atoms with van der Waals surface area (Å²) in [6, 6.07) is 0. The fraction of sp³-hybridized carbons (Fsp3) is 0.800. The van der Waals surface area contributed by atoms with Crippen LogP contribution in [-0.2, 0) is 14.3 Å². The van der Waals surface area contributed by atoms with E-state index >= 15 is 0 Å². The Morgan fingerprint density at radius 3 is 2.56 bits per heavy atom. The lowest BCUT2D eigenvalue weighted by Gasteiger charge is -2.17. The van der Waals surface area contributed by atoms with Crippen LogP contribution in [0.1, 0.15) is 13.8 Å². The van der Waals surface area contributed by atoms with Crippen molar-refractivity contribution < 1.29 is 14.3 Å². The van der Waals surface area contributed by atoms with E-state index in [-0.39, 0.29) is 6.10 Å². The molecule has 0 aliphatic rings. The third-order valence-electron chi connectivity index (χ3n) is 1.85. The Labute approximate surface area is 96.1 Å². The van der Waals surface area contributed by atoms with Crippen molar-refractivity contribution in [2.45, 2.75) is 20.0 Å². The van der Waals surface area contributed by atoms with Crippen molar-refractivity contribution in [1.82, 2.24) is 10.2 Å². The summed E-state index contributed by atoms with van der Waals surface area (Å²) >= 11 is 0. The summed E-state index contributed by atoms with van der Waals surface area (Å²) in [6.07, 6.45) is 0.120. The summed E-state index contributed by atoms with van der Waals surface area (Å²) in [6.45, 7) is 5.27. The molecule has 0 saturated carbocycles. The molecule has 0 aliphatic heterocycles. The van der Waals surface area contributed by atoms with Gasteiger partial charge in [-0.15, -0.1) is 0 Å². The van der Waals surface area contributed by atoms with Gasteiger partial charge in [0, 0.05) is 26.7 Å². The summed E-state index contributed by atoms with van der Waals surface area (Å²) in [5.41, 5.74) is 5.21. The fourth-order valence-corrected chi connectivity index (χ4v) is 0.962. The van der Waals surface area contributed by atoms with Gasteiger partial charge in [0.2, 0.25) is 0 Å². The molecule has 0 saturated heterocycles. The van der Waals surface area contributed by atoms with Crippen LogP contribution in [0.25, 0.3) is 0 Å². The van der Waals surface area contributed by atoms with Crippen LogP contribution in [0.4, 0.5) is 0 Å². The number of rotatable bonds is 6. The van der Waals surface area contributed by atoms with Crippen molar-refractivity contribution in [2.24, 2.45) is 5.73 Å². The predicted octanol–water partition coefficient (Wildman–Crippen LogP) is -1.06. The quantitative estimate of drug-likeness (QED) is 0.571. The lowest BCUT2D eigenvalue weighted by molar-refractivity contribution is -0.145. The van der Waals surface area contributed by atoms with E-state index < -0.39 is 11.8 Å². The Morgan fingerprint density at radius 2 is 2.06 bits per heavy atom. The van der Waals surface area contributed by atoms with Gasteiger partial charge in [-0.05, 0) is 13.8 Å². The Balaban J connectivity index is 3.84. The Bertz CT molecular complexity index is 231. The fourth-order valence-electron chi connectivity index (χ4n) is 0.962. The number of nitrogens with zero attached hydrogens (tertiary/aromatic N) is 1. The van der Waals surface area contributed by atoms with Gasteiger partial charge in [-0.1, -0.05) is 0 Å². The van der Waals surface area contributed by atoms with Crippen molar-refractivity contribution in [1.29, 1.82) is 0 Å².